The van der Waals surface area contributed by atoms with Crippen LogP contribution in [-0.2, 0) is 12.8 Å². The quantitative estimate of drug-likeness (QED) is 0.269. The highest BCUT2D eigenvalue weighted by Gasteiger charge is 2.22. The average Bonchev–Trinajstić information content (AvgIpc) is 2.66. The van der Waals surface area contributed by atoms with Crippen molar-refractivity contribution in [3.05, 3.63) is 83.9 Å². The summed E-state index contributed by atoms with van der Waals surface area (Å²) >= 11 is 0. The lowest BCUT2D eigenvalue weighted by Crippen LogP contribution is -2.19. The maximum absolute atomic E-state index is 14.6. The summed E-state index contributed by atoms with van der Waals surface area (Å²) < 4.78 is 14.6. The minimum absolute atomic E-state index is 0.0708. The lowest BCUT2D eigenvalue weighted by Gasteiger charge is -2.28. The Kier molecular flexibility index (Phi) is 8.76. The summed E-state index contributed by atoms with van der Waals surface area (Å²) in [6.07, 6.45) is 16.3. The standard InChI is InChI=1S/C26H35FO/c1-5-7-25(28)15-11-19(2)10-12-22-13-14-24(26(27)18-22)17-21(4)23-9-6-8-20(3)16-23/h5-8,11,13-15,18-21,23,28H,1,9-10,12,16-17H2,2-4H3/b15-11-,25-7+/t19?,20?,21-,23?/m1/s1. The number of hydrogen-bond acceptors (Lipinski definition) is 1. The molecule has 0 saturated heterocycles. The zero-order valence-electron chi connectivity index (χ0n) is 17.6. The molecular formula is C26H35FO. The number of benzene rings is 1. The van der Waals surface area contributed by atoms with Crippen LogP contribution in [0.5, 0.6) is 0 Å². The molecule has 1 N–H and O–H groups in total. The van der Waals surface area contributed by atoms with Gasteiger partial charge >= 0.3 is 0 Å². The van der Waals surface area contributed by atoms with Crippen molar-refractivity contribution < 1.29 is 9.50 Å². The largest absolute Gasteiger partial charge is 0.508 e. The Bertz CT molecular complexity index is 728. The van der Waals surface area contributed by atoms with E-state index in [4.69, 9.17) is 0 Å². The summed E-state index contributed by atoms with van der Waals surface area (Å²) in [6.45, 7) is 10.2. The molecule has 0 aromatic heterocycles. The van der Waals surface area contributed by atoms with E-state index in [2.05, 4.69) is 45.6 Å². The molecule has 2 heteroatoms. The highest BCUT2D eigenvalue weighted by atomic mass is 19.1. The Morgan fingerprint density at radius 1 is 1.36 bits per heavy atom. The number of aliphatic hydroxyl groups excluding tert-OH is 1. The lowest BCUT2D eigenvalue weighted by molar-refractivity contribution is 0.296. The van der Waals surface area contributed by atoms with E-state index in [-0.39, 0.29) is 11.6 Å². The van der Waals surface area contributed by atoms with E-state index in [1.807, 2.05) is 12.1 Å². The molecule has 152 valence electrons. The van der Waals surface area contributed by atoms with Gasteiger partial charge in [0.25, 0.3) is 0 Å². The fourth-order valence-electron chi connectivity index (χ4n) is 3.96. The molecule has 1 aromatic rings. The molecule has 2 rings (SSSR count). The molecule has 0 saturated carbocycles. The van der Waals surface area contributed by atoms with Crippen LogP contribution in [0.1, 0.15) is 51.2 Å². The van der Waals surface area contributed by atoms with E-state index in [9.17, 15) is 9.50 Å². The number of halogens is 1. The van der Waals surface area contributed by atoms with Crippen LogP contribution in [0, 0.1) is 29.5 Å². The number of hydrogen-bond donors (Lipinski definition) is 1. The third-order valence-corrected chi connectivity index (χ3v) is 5.81. The highest BCUT2D eigenvalue weighted by molar-refractivity contribution is 5.25. The van der Waals surface area contributed by atoms with Gasteiger partial charge in [0.05, 0.1) is 0 Å². The van der Waals surface area contributed by atoms with Gasteiger partial charge in [0.2, 0.25) is 0 Å². The first-order chi connectivity index (χ1) is 13.4. The van der Waals surface area contributed by atoms with Gasteiger partial charge in [-0.15, -0.1) is 0 Å². The average molecular weight is 383 g/mol. The molecule has 0 spiro atoms. The number of aliphatic hydroxyl groups is 1. The van der Waals surface area contributed by atoms with E-state index in [0.29, 0.717) is 23.7 Å². The Balaban J connectivity index is 1.88. The van der Waals surface area contributed by atoms with E-state index in [0.717, 1.165) is 36.8 Å². The second-order valence-electron chi connectivity index (χ2n) is 8.45. The maximum Gasteiger partial charge on any atom is 0.126 e. The van der Waals surface area contributed by atoms with Crippen LogP contribution < -0.4 is 0 Å². The van der Waals surface area contributed by atoms with Gasteiger partial charge in [-0.1, -0.05) is 63.8 Å². The molecule has 0 radical (unpaired) electrons. The third-order valence-electron chi connectivity index (χ3n) is 5.81. The monoisotopic (exact) mass is 382 g/mol. The van der Waals surface area contributed by atoms with E-state index >= 15 is 0 Å². The van der Waals surface area contributed by atoms with Crippen LogP contribution in [0.2, 0.25) is 0 Å². The third kappa shape index (κ3) is 7.14. The van der Waals surface area contributed by atoms with Crippen molar-refractivity contribution in [3.63, 3.8) is 0 Å². The normalized spacial score (nSPS) is 22.4. The molecule has 0 amide bonds. The van der Waals surface area contributed by atoms with Crippen LogP contribution in [-0.4, -0.2) is 5.11 Å². The van der Waals surface area contributed by atoms with E-state index < -0.39 is 0 Å². The van der Waals surface area contributed by atoms with Crippen molar-refractivity contribution in [2.45, 2.75) is 52.9 Å². The van der Waals surface area contributed by atoms with Gasteiger partial charge in [0.15, 0.2) is 0 Å². The molecule has 0 bridgehead atoms. The second-order valence-corrected chi connectivity index (χ2v) is 8.45. The Labute approximate surface area is 170 Å². The Morgan fingerprint density at radius 3 is 2.82 bits per heavy atom. The second kappa shape index (κ2) is 11.0. The van der Waals surface area contributed by atoms with Crippen molar-refractivity contribution in [2.75, 3.05) is 0 Å². The molecule has 1 aliphatic carbocycles. The number of aryl methyl sites for hydroxylation is 1. The summed E-state index contributed by atoms with van der Waals surface area (Å²) in [4.78, 5) is 0. The van der Waals surface area contributed by atoms with Crippen molar-refractivity contribution in [1.82, 2.24) is 0 Å². The van der Waals surface area contributed by atoms with Gasteiger partial charge in [-0.3, -0.25) is 0 Å². The number of allylic oxidation sites excluding steroid dienone is 6. The first-order valence-corrected chi connectivity index (χ1v) is 10.5. The van der Waals surface area contributed by atoms with Crippen molar-refractivity contribution in [1.29, 1.82) is 0 Å². The minimum atomic E-state index is -0.0708. The van der Waals surface area contributed by atoms with E-state index in [1.54, 1.807) is 24.3 Å². The van der Waals surface area contributed by atoms with Crippen LogP contribution >= 0.6 is 0 Å². The fraction of sp³-hybridized carbons (Fsp3) is 0.462. The Hall–Kier alpha value is -2.09. The van der Waals surface area contributed by atoms with Crippen molar-refractivity contribution >= 4 is 0 Å². The van der Waals surface area contributed by atoms with Gasteiger partial charge in [-0.25, -0.2) is 4.39 Å². The molecular weight excluding hydrogens is 347 g/mol. The smallest absolute Gasteiger partial charge is 0.126 e. The topological polar surface area (TPSA) is 20.2 Å². The van der Waals surface area contributed by atoms with Gasteiger partial charge < -0.3 is 5.11 Å². The molecule has 4 atom stereocenters. The molecule has 0 fully saturated rings. The number of rotatable bonds is 9. The van der Waals surface area contributed by atoms with Crippen LogP contribution in [0.15, 0.2) is 67.0 Å². The highest BCUT2D eigenvalue weighted by Crippen LogP contribution is 2.31. The molecule has 1 aromatic carbocycles. The van der Waals surface area contributed by atoms with Crippen molar-refractivity contribution in [3.8, 4) is 0 Å². The fourth-order valence-corrected chi connectivity index (χ4v) is 3.96. The first-order valence-electron chi connectivity index (χ1n) is 10.5. The SMILES string of the molecule is C=C/C=C(O)\C=C/C(C)CCc1ccc(C[C@@H](C)C2CC=CC(C)C2)c(F)c1. The van der Waals surface area contributed by atoms with Crippen molar-refractivity contribution in [2.24, 2.45) is 23.7 Å². The summed E-state index contributed by atoms with van der Waals surface area (Å²) in [7, 11) is 0. The molecule has 0 heterocycles. The molecule has 28 heavy (non-hydrogen) atoms. The summed E-state index contributed by atoms with van der Waals surface area (Å²) in [5.41, 5.74) is 1.88. The summed E-state index contributed by atoms with van der Waals surface area (Å²) in [5, 5.41) is 9.58. The van der Waals surface area contributed by atoms with E-state index in [1.165, 1.54) is 6.42 Å². The molecule has 1 aliphatic rings. The zero-order chi connectivity index (χ0) is 20.5. The zero-order valence-corrected chi connectivity index (χ0v) is 17.6. The predicted molar refractivity (Wildman–Crippen MR) is 118 cm³/mol. The lowest BCUT2D eigenvalue weighted by atomic mass is 9.77. The summed E-state index contributed by atoms with van der Waals surface area (Å²) in [5.74, 6) is 2.23. The Morgan fingerprint density at radius 2 is 2.14 bits per heavy atom. The van der Waals surface area contributed by atoms with Crippen LogP contribution in [0.4, 0.5) is 4.39 Å². The van der Waals surface area contributed by atoms with Gasteiger partial charge in [0, 0.05) is 0 Å². The van der Waals surface area contributed by atoms with Gasteiger partial charge in [0.1, 0.15) is 11.6 Å². The molecule has 0 aliphatic heterocycles. The maximum atomic E-state index is 14.6. The first kappa shape index (κ1) is 22.2. The van der Waals surface area contributed by atoms with Crippen LogP contribution in [0.25, 0.3) is 0 Å². The predicted octanol–water partition coefficient (Wildman–Crippen LogP) is 7.36. The minimum Gasteiger partial charge on any atom is -0.508 e. The molecule has 1 nitrogen and oxygen atoms in total. The van der Waals surface area contributed by atoms with Gasteiger partial charge in [-0.05, 0) is 85.1 Å². The summed E-state index contributed by atoms with van der Waals surface area (Å²) in [6, 6.07) is 5.75. The van der Waals surface area contributed by atoms with Crippen LogP contribution in [0.3, 0.4) is 0 Å². The molecule has 3 unspecified atom stereocenters. The van der Waals surface area contributed by atoms with Gasteiger partial charge in [-0.2, -0.15) is 0 Å².